The average molecular weight is 218 g/mol. The summed E-state index contributed by atoms with van der Waals surface area (Å²) in [7, 11) is 0. The van der Waals surface area contributed by atoms with Crippen LogP contribution in [0, 0.1) is 0 Å². The van der Waals surface area contributed by atoms with Crippen LogP contribution in [0.15, 0.2) is 18.2 Å². The summed E-state index contributed by atoms with van der Waals surface area (Å²) in [4.78, 5) is 0. The van der Waals surface area contributed by atoms with Gasteiger partial charge in [0.2, 0.25) is 0 Å². The van der Waals surface area contributed by atoms with Crippen LogP contribution in [0.5, 0.6) is 0 Å². The first-order valence-electron chi connectivity index (χ1n) is 4.08. The minimum atomic E-state index is -1.24. The Morgan fingerprint density at radius 3 is 2.50 bits per heavy atom. The van der Waals surface area contributed by atoms with Crippen LogP contribution in [-0.4, -0.2) is 28.0 Å². The second-order valence-corrected chi connectivity index (χ2v) is 3.40. The third-order valence-electron chi connectivity index (χ3n) is 1.92. The number of aliphatic hydroxyl groups is 3. The van der Waals surface area contributed by atoms with Gasteiger partial charge in [-0.2, -0.15) is 0 Å². The van der Waals surface area contributed by atoms with Crippen LogP contribution in [0.3, 0.4) is 0 Å². The van der Waals surface area contributed by atoms with Gasteiger partial charge in [-0.15, -0.1) is 0 Å². The van der Waals surface area contributed by atoms with Gasteiger partial charge >= 0.3 is 0 Å². The van der Waals surface area contributed by atoms with Gasteiger partial charge in [-0.05, 0) is 12.1 Å². The lowest BCUT2D eigenvalue weighted by Crippen LogP contribution is -2.22. The van der Waals surface area contributed by atoms with Crippen LogP contribution in [0.1, 0.15) is 11.7 Å². The lowest BCUT2D eigenvalue weighted by molar-refractivity contribution is -0.0149. The summed E-state index contributed by atoms with van der Waals surface area (Å²) in [5.74, 6) is 0. The highest BCUT2D eigenvalue weighted by atomic mass is 35.5. The molecule has 5 heteroatoms. The normalized spacial score (nSPS) is 15.1. The molecule has 0 aliphatic heterocycles. The van der Waals surface area contributed by atoms with Gasteiger partial charge < -0.3 is 21.1 Å². The van der Waals surface area contributed by atoms with Crippen molar-refractivity contribution >= 4 is 17.3 Å². The molecule has 0 aromatic heterocycles. The van der Waals surface area contributed by atoms with Crippen LogP contribution < -0.4 is 5.73 Å². The van der Waals surface area contributed by atoms with Crippen LogP contribution >= 0.6 is 11.6 Å². The topological polar surface area (TPSA) is 86.7 Å². The molecule has 0 amide bonds. The Hall–Kier alpha value is -0.810. The number of aliphatic hydroxyl groups excluding tert-OH is 3. The number of benzene rings is 1. The van der Waals surface area contributed by atoms with Crippen LogP contribution in [0.25, 0.3) is 0 Å². The maximum atomic E-state index is 9.53. The van der Waals surface area contributed by atoms with Gasteiger partial charge in [-0.1, -0.05) is 17.7 Å². The number of nitrogens with two attached hydrogens (primary N) is 1. The molecule has 0 aliphatic rings. The lowest BCUT2D eigenvalue weighted by atomic mass is 10.0. The van der Waals surface area contributed by atoms with E-state index in [4.69, 9.17) is 22.4 Å². The van der Waals surface area contributed by atoms with E-state index >= 15 is 0 Å². The molecule has 2 unspecified atom stereocenters. The highest BCUT2D eigenvalue weighted by Gasteiger charge is 2.19. The molecule has 0 fully saturated rings. The van der Waals surface area contributed by atoms with Gasteiger partial charge in [-0.25, -0.2) is 0 Å². The van der Waals surface area contributed by atoms with Crippen molar-refractivity contribution in [1.82, 2.24) is 0 Å². The summed E-state index contributed by atoms with van der Waals surface area (Å²) in [5, 5.41) is 27.8. The van der Waals surface area contributed by atoms with Crippen LogP contribution in [-0.2, 0) is 0 Å². The molecule has 0 bridgehead atoms. The van der Waals surface area contributed by atoms with E-state index in [1.165, 1.54) is 12.1 Å². The highest BCUT2D eigenvalue weighted by Crippen LogP contribution is 2.25. The van der Waals surface area contributed by atoms with E-state index in [9.17, 15) is 10.2 Å². The Morgan fingerprint density at radius 1 is 1.36 bits per heavy atom. The number of hydrogen-bond acceptors (Lipinski definition) is 4. The fraction of sp³-hybridized carbons (Fsp3) is 0.333. The van der Waals surface area contributed by atoms with Gasteiger partial charge in [0.15, 0.2) is 0 Å². The zero-order valence-electron chi connectivity index (χ0n) is 7.39. The second-order valence-electron chi connectivity index (χ2n) is 2.97. The molecule has 0 saturated heterocycles. The molecule has 1 aromatic carbocycles. The monoisotopic (exact) mass is 217 g/mol. The quantitative estimate of drug-likeness (QED) is 0.549. The van der Waals surface area contributed by atoms with Crippen LogP contribution in [0.2, 0.25) is 5.02 Å². The number of rotatable bonds is 3. The smallest absolute Gasteiger partial charge is 0.109 e. The van der Waals surface area contributed by atoms with Crippen LogP contribution in [0.4, 0.5) is 5.69 Å². The number of halogens is 1. The second kappa shape index (κ2) is 4.61. The number of hydrogen-bond donors (Lipinski definition) is 4. The molecule has 14 heavy (non-hydrogen) atoms. The molecule has 5 N–H and O–H groups in total. The Labute approximate surface area is 86.6 Å². The first-order chi connectivity index (χ1) is 6.56. The molecular formula is C9H12ClNO3. The third kappa shape index (κ3) is 2.36. The number of nitrogen functional groups attached to an aromatic ring is 1. The van der Waals surface area contributed by atoms with E-state index in [-0.39, 0.29) is 5.69 Å². The van der Waals surface area contributed by atoms with E-state index in [0.29, 0.717) is 10.6 Å². The Morgan fingerprint density at radius 2 is 2.00 bits per heavy atom. The van der Waals surface area contributed by atoms with Gasteiger partial charge in [0.1, 0.15) is 12.2 Å². The van der Waals surface area contributed by atoms with E-state index in [0.717, 1.165) is 0 Å². The molecule has 0 saturated carbocycles. The van der Waals surface area contributed by atoms with E-state index < -0.39 is 18.8 Å². The van der Waals surface area contributed by atoms with Gasteiger partial charge in [0.25, 0.3) is 0 Å². The average Bonchev–Trinajstić information content (AvgIpc) is 2.15. The van der Waals surface area contributed by atoms with Crippen molar-refractivity contribution in [2.24, 2.45) is 0 Å². The van der Waals surface area contributed by atoms with Crippen molar-refractivity contribution in [2.45, 2.75) is 12.2 Å². The first-order valence-corrected chi connectivity index (χ1v) is 4.46. The number of anilines is 1. The lowest BCUT2D eigenvalue weighted by Gasteiger charge is -2.17. The molecule has 0 radical (unpaired) electrons. The predicted octanol–water partition coefficient (Wildman–Crippen LogP) is 0.309. The van der Waals surface area contributed by atoms with Gasteiger partial charge in [0, 0.05) is 16.3 Å². The minimum Gasteiger partial charge on any atom is -0.398 e. The maximum absolute atomic E-state index is 9.53. The summed E-state index contributed by atoms with van der Waals surface area (Å²) in [6.07, 6.45) is -2.43. The third-order valence-corrected chi connectivity index (χ3v) is 2.15. The Balaban J connectivity index is 2.95. The summed E-state index contributed by atoms with van der Waals surface area (Å²) in [6.45, 7) is -0.525. The summed E-state index contributed by atoms with van der Waals surface area (Å²) >= 11 is 5.66. The summed E-state index contributed by atoms with van der Waals surface area (Å²) in [5.41, 5.74) is 6.22. The highest BCUT2D eigenvalue weighted by molar-refractivity contribution is 6.30. The van der Waals surface area contributed by atoms with Gasteiger partial charge in [0.05, 0.1) is 6.61 Å². The Bertz CT molecular complexity index is 319. The molecule has 2 atom stereocenters. The molecule has 0 heterocycles. The zero-order chi connectivity index (χ0) is 10.7. The fourth-order valence-corrected chi connectivity index (χ4v) is 1.30. The molecular weight excluding hydrogens is 206 g/mol. The zero-order valence-corrected chi connectivity index (χ0v) is 8.15. The van der Waals surface area contributed by atoms with Gasteiger partial charge in [-0.3, -0.25) is 0 Å². The molecule has 4 nitrogen and oxygen atoms in total. The van der Waals surface area contributed by atoms with Crippen molar-refractivity contribution in [3.05, 3.63) is 28.8 Å². The minimum absolute atomic E-state index is 0.289. The van der Waals surface area contributed by atoms with Crippen molar-refractivity contribution in [2.75, 3.05) is 12.3 Å². The van der Waals surface area contributed by atoms with Crippen molar-refractivity contribution in [3.63, 3.8) is 0 Å². The molecule has 1 rings (SSSR count). The Kier molecular flexibility index (Phi) is 3.71. The standard InChI is InChI=1S/C9H12ClNO3/c10-5-1-2-6(7(11)3-5)9(14)8(13)4-12/h1-3,8-9,12-14H,4,11H2. The first kappa shape index (κ1) is 11.3. The fourth-order valence-electron chi connectivity index (χ4n) is 1.12. The molecule has 78 valence electrons. The molecule has 1 aromatic rings. The van der Waals surface area contributed by atoms with Crippen molar-refractivity contribution in [1.29, 1.82) is 0 Å². The largest absolute Gasteiger partial charge is 0.398 e. The van der Waals surface area contributed by atoms with E-state index in [2.05, 4.69) is 0 Å². The predicted molar refractivity (Wildman–Crippen MR) is 53.9 cm³/mol. The van der Waals surface area contributed by atoms with Crippen molar-refractivity contribution in [3.8, 4) is 0 Å². The van der Waals surface area contributed by atoms with Crippen molar-refractivity contribution < 1.29 is 15.3 Å². The SMILES string of the molecule is Nc1cc(Cl)ccc1C(O)C(O)CO. The summed E-state index contributed by atoms with van der Waals surface area (Å²) < 4.78 is 0. The van der Waals surface area contributed by atoms with E-state index in [1.807, 2.05) is 0 Å². The maximum Gasteiger partial charge on any atom is 0.109 e. The van der Waals surface area contributed by atoms with E-state index in [1.54, 1.807) is 6.07 Å². The summed E-state index contributed by atoms with van der Waals surface area (Å²) in [6, 6.07) is 4.55. The molecule has 0 spiro atoms. The molecule has 0 aliphatic carbocycles.